The van der Waals surface area contributed by atoms with Crippen molar-refractivity contribution in [3.63, 3.8) is 0 Å². The monoisotopic (exact) mass is 467 g/mol. The lowest BCUT2D eigenvalue weighted by molar-refractivity contribution is -0.689. The van der Waals surface area contributed by atoms with Crippen LogP contribution in [0.25, 0.3) is 10.9 Å². The van der Waals surface area contributed by atoms with Gasteiger partial charge < -0.3 is 17.0 Å². The molecular formula is C28H38BrN. The van der Waals surface area contributed by atoms with Gasteiger partial charge in [-0.15, -0.1) is 0 Å². The van der Waals surface area contributed by atoms with Crippen LogP contribution in [0.2, 0.25) is 0 Å². The highest BCUT2D eigenvalue weighted by molar-refractivity contribution is 5.75. The molecule has 2 aromatic carbocycles. The molecule has 1 unspecified atom stereocenters. The smallest absolute Gasteiger partial charge is 0.212 e. The van der Waals surface area contributed by atoms with E-state index >= 15 is 0 Å². The van der Waals surface area contributed by atoms with E-state index in [0.717, 1.165) is 0 Å². The molecule has 1 heterocycles. The van der Waals surface area contributed by atoms with Gasteiger partial charge in [-0.05, 0) is 18.6 Å². The minimum atomic E-state index is 0. The van der Waals surface area contributed by atoms with Gasteiger partial charge in [0.2, 0.25) is 5.52 Å². The Morgan fingerprint density at radius 3 is 1.90 bits per heavy atom. The number of nitrogens with zero attached hydrogens (tertiary/aromatic N) is 1. The number of aromatic nitrogens is 1. The van der Waals surface area contributed by atoms with E-state index in [9.17, 15) is 0 Å². The van der Waals surface area contributed by atoms with Crippen molar-refractivity contribution in [1.82, 2.24) is 0 Å². The number of benzene rings is 2. The van der Waals surface area contributed by atoms with Gasteiger partial charge in [0.25, 0.3) is 0 Å². The Bertz CT molecular complexity index is 825. The molecule has 0 fully saturated rings. The van der Waals surface area contributed by atoms with Crippen molar-refractivity contribution in [2.45, 2.75) is 83.6 Å². The zero-order valence-corrected chi connectivity index (χ0v) is 20.2. The Kier molecular flexibility index (Phi) is 11.8. The normalized spacial score (nSPS) is 11.9. The van der Waals surface area contributed by atoms with E-state index in [4.69, 9.17) is 0 Å². The van der Waals surface area contributed by atoms with Crippen molar-refractivity contribution in [2.24, 2.45) is 0 Å². The van der Waals surface area contributed by atoms with Crippen LogP contribution in [0.4, 0.5) is 0 Å². The largest absolute Gasteiger partial charge is 1.00 e. The first-order valence-corrected chi connectivity index (χ1v) is 11.8. The molecule has 0 aliphatic carbocycles. The van der Waals surface area contributed by atoms with Crippen LogP contribution in [-0.2, 0) is 0 Å². The van der Waals surface area contributed by atoms with Gasteiger partial charge in [-0.1, -0.05) is 107 Å². The van der Waals surface area contributed by atoms with Crippen LogP contribution in [0.1, 0.15) is 89.2 Å². The first-order chi connectivity index (χ1) is 14.4. The number of pyridine rings is 1. The summed E-state index contributed by atoms with van der Waals surface area (Å²) in [6, 6.07) is 24.6. The topological polar surface area (TPSA) is 3.88 Å². The first-order valence-electron chi connectivity index (χ1n) is 11.8. The summed E-state index contributed by atoms with van der Waals surface area (Å²) >= 11 is 0. The van der Waals surface area contributed by atoms with Gasteiger partial charge in [0.1, 0.15) is 0 Å². The number of unbranched alkanes of at least 4 members (excludes halogenated alkanes) is 9. The van der Waals surface area contributed by atoms with Gasteiger partial charge in [0.05, 0.1) is 0 Å². The van der Waals surface area contributed by atoms with Gasteiger partial charge in [-0.3, -0.25) is 0 Å². The summed E-state index contributed by atoms with van der Waals surface area (Å²) in [4.78, 5) is 0. The first kappa shape index (κ1) is 24.6. The molecule has 30 heavy (non-hydrogen) atoms. The van der Waals surface area contributed by atoms with Crippen molar-refractivity contribution < 1.29 is 21.5 Å². The number of fused-ring (bicyclic) bond motifs is 1. The van der Waals surface area contributed by atoms with Crippen LogP contribution < -0.4 is 21.5 Å². The molecule has 162 valence electrons. The molecule has 2 heteroatoms. The summed E-state index contributed by atoms with van der Waals surface area (Å²) in [6.07, 6.45) is 17.4. The highest BCUT2D eigenvalue weighted by atomic mass is 79.9. The third-order valence-electron chi connectivity index (χ3n) is 6.09. The second-order valence-corrected chi connectivity index (χ2v) is 8.37. The molecule has 0 N–H and O–H groups in total. The van der Waals surface area contributed by atoms with Crippen molar-refractivity contribution in [2.75, 3.05) is 0 Å². The molecule has 0 radical (unpaired) electrons. The Labute approximate surface area is 194 Å². The number of halogens is 1. The molecule has 3 aromatic rings. The Hall–Kier alpha value is -1.67. The summed E-state index contributed by atoms with van der Waals surface area (Å²) < 4.78 is 2.48. The highest BCUT2D eigenvalue weighted by Crippen LogP contribution is 2.22. The standard InChI is InChI=1S/C28H38N.BrH/c1-2-3-4-5-6-7-8-9-10-14-22-27(25-18-12-11-13-19-25)29-24-17-21-26-20-15-16-23-28(26)29;/h11-13,15-21,23-24,27H,2-10,14,22H2,1H3;1H/q+1;/p-1. The molecule has 0 aliphatic heterocycles. The third-order valence-corrected chi connectivity index (χ3v) is 6.09. The molecule has 1 atom stereocenters. The SMILES string of the molecule is CCCCCCCCCCCCC(c1ccccc1)[n+]1cccc2ccccc21.[Br-]. The zero-order valence-electron chi connectivity index (χ0n) is 18.6. The number of rotatable bonds is 13. The maximum absolute atomic E-state index is 2.48. The van der Waals surface area contributed by atoms with Crippen LogP contribution in [0.5, 0.6) is 0 Å². The minimum Gasteiger partial charge on any atom is -1.00 e. The van der Waals surface area contributed by atoms with Gasteiger partial charge >= 0.3 is 0 Å². The number of para-hydroxylation sites is 1. The lowest BCUT2D eigenvalue weighted by atomic mass is 9.98. The van der Waals surface area contributed by atoms with Crippen molar-refractivity contribution in [1.29, 1.82) is 0 Å². The zero-order chi connectivity index (χ0) is 20.2. The summed E-state index contributed by atoms with van der Waals surface area (Å²) in [5.74, 6) is 0. The van der Waals surface area contributed by atoms with E-state index in [2.05, 4.69) is 84.4 Å². The molecule has 1 aromatic heterocycles. The lowest BCUT2D eigenvalue weighted by Gasteiger charge is -2.15. The fourth-order valence-corrected chi connectivity index (χ4v) is 4.42. The van der Waals surface area contributed by atoms with Crippen LogP contribution >= 0.6 is 0 Å². The summed E-state index contributed by atoms with van der Waals surface area (Å²) in [5, 5.41) is 1.32. The maximum Gasteiger partial charge on any atom is 0.212 e. The van der Waals surface area contributed by atoms with E-state index < -0.39 is 0 Å². The van der Waals surface area contributed by atoms with Gasteiger partial charge in [-0.2, -0.15) is 4.57 Å². The van der Waals surface area contributed by atoms with Crippen LogP contribution in [0, 0.1) is 0 Å². The van der Waals surface area contributed by atoms with Crippen molar-refractivity contribution in [3.05, 3.63) is 78.5 Å². The minimum absolute atomic E-state index is 0. The molecule has 0 bridgehead atoms. The molecule has 3 rings (SSSR count). The van der Waals surface area contributed by atoms with E-state index in [-0.39, 0.29) is 17.0 Å². The van der Waals surface area contributed by atoms with E-state index in [1.807, 2.05) is 0 Å². The van der Waals surface area contributed by atoms with E-state index in [1.165, 1.54) is 87.1 Å². The van der Waals surface area contributed by atoms with Crippen LogP contribution in [0.3, 0.4) is 0 Å². The second kappa shape index (κ2) is 14.4. The molecule has 0 aliphatic rings. The quantitative estimate of drug-likeness (QED) is 0.245. The van der Waals surface area contributed by atoms with E-state index in [0.29, 0.717) is 6.04 Å². The highest BCUT2D eigenvalue weighted by Gasteiger charge is 2.22. The molecular weight excluding hydrogens is 430 g/mol. The fourth-order valence-electron chi connectivity index (χ4n) is 4.42. The average molecular weight is 469 g/mol. The number of hydrogen-bond donors (Lipinski definition) is 0. The Morgan fingerprint density at radius 2 is 1.20 bits per heavy atom. The molecule has 0 saturated heterocycles. The predicted molar refractivity (Wildman–Crippen MR) is 125 cm³/mol. The van der Waals surface area contributed by atoms with Crippen LogP contribution in [-0.4, -0.2) is 0 Å². The summed E-state index contributed by atoms with van der Waals surface area (Å²) in [7, 11) is 0. The second-order valence-electron chi connectivity index (χ2n) is 8.37. The van der Waals surface area contributed by atoms with Crippen molar-refractivity contribution >= 4 is 10.9 Å². The Morgan fingerprint density at radius 1 is 0.633 bits per heavy atom. The predicted octanol–water partition coefficient (Wildman–Crippen LogP) is 5.03. The van der Waals surface area contributed by atoms with Gasteiger partial charge in [0, 0.05) is 29.5 Å². The Balaban J connectivity index is 0.00000320. The average Bonchev–Trinajstić information content (AvgIpc) is 2.78. The van der Waals surface area contributed by atoms with Crippen LogP contribution in [0.15, 0.2) is 72.9 Å². The molecule has 0 saturated carbocycles. The van der Waals surface area contributed by atoms with Gasteiger partial charge in [-0.25, -0.2) is 0 Å². The lowest BCUT2D eigenvalue weighted by Crippen LogP contribution is -3.00. The summed E-state index contributed by atoms with van der Waals surface area (Å²) in [5.41, 5.74) is 2.75. The third kappa shape index (κ3) is 7.54. The molecule has 0 amide bonds. The van der Waals surface area contributed by atoms with Gasteiger partial charge in [0.15, 0.2) is 12.2 Å². The molecule has 0 spiro atoms. The van der Waals surface area contributed by atoms with E-state index in [1.54, 1.807) is 0 Å². The van der Waals surface area contributed by atoms with Crippen molar-refractivity contribution in [3.8, 4) is 0 Å². The number of hydrogen-bond acceptors (Lipinski definition) is 0. The fraction of sp³-hybridized carbons (Fsp3) is 0.464. The summed E-state index contributed by atoms with van der Waals surface area (Å²) in [6.45, 7) is 2.29. The molecule has 1 nitrogen and oxygen atoms in total. The maximum atomic E-state index is 2.48.